The molecule has 1 fully saturated rings. The molecule has 1 atom stereocenters. The fraction of sp³-hybridized carbons (Fsp3) is 0.478. The van der Waals surface area contributed by atoms with Gasteiger partial charge in [0.2, 0.25) is 5.91 Å². The highest BCUT2D eigenvalue weighted by atomic mass is 16.5. The van der Waals surface area contributed by atoms with Crippen LogP contribution in [0.5, 0.6) is 0 Å². The third kappa shape index (κ3) is 4.25. The number of amides is 1. The average Bonchev–Trinajstić information content (AvgIpc) is 3.40. The molecule has 0 bridgehead atoms. The minimum atomic E-state index is -0.331. The van der Waals surface area contributed by atoms with Crippen LogP contribution in [0.25, 0.3) is 16.6 Å². The molecule has 8 heteroatoms. The highest BCUT2D eigenvalue weighted by Gasteiger charge is 2.21. The van der Waals surface area contributed by atoms with Crippen molar-refractivity contribution >= 4 is 16.8 Å². The Morgan fingerprint density at radius 1 is 1.29 bits per heavy atom. The number of aryl methyl sites for hydroxylation is 2. The van der Waals surface area contributed by atoms with Crippen LogP contribution in [0.3, 0.4) is 0 Å². The van der Waals surface area contributed by atoms with Gasteiger partial charge in [-0.05, 0) is 55.9 Å². The Bertz CT molecular complexity index is 1170. The molecule has 3 aromatic rings. The summed E-state index contributed by atoms with van der Waals surface area (Å²) in [4.78, 5) is 25.9. The number of nitrogens with one attached hydrogen (secondary N) is 1. The van der Waals surface area contributed by atoms with Gasteiger partial charge in [0, 0.05) is 18.5 Å². The van der Waals surface area contributed by atoms with Crippen molar-refractivity contribution in [2.75, 3.05) is 13.2 Å². The first kappa shape index (κ1) is 21.2. The number of hydrogen-bond donors (Lipinski definition) is 1. The number of rotatable bonds is 6. The molecule has 1 aliphatic heterocycles. The summed E-state index contributed by atoms with van der Waals surface area (Å²) in [5.41, 5.74) is 3.96. The summed E-state index contributed by atoms with van der Waals surface area (Å²) in [7, 11) is 0. The van der Waals surface area contributed by atoms with E-state index in [1.165, 1.54) is 10.2 Å². The Balaban J connectivity index is 1.72. The van der Waals surface area contributed by atoms with Crippen LogP contribution >= 0.6 is 0 Å². The smallest absolute Gasteiger partial charge is 0.293 e. The molecule has 4 rings (SSSR count). The van der Waals surface area contributed by atoms with Gasteiger partial charge in [0.25, 0.3) is 5.56 Å². The number of carbonyl (C=O) groups is 1. The summed E-state index contributed by atoms with van der Waals surface area (Å²) >= 11 is 0. The van der Waals surface area contributed by atoms with E-state index < -0.39 is 0 Å². The van der Waals surface area contributed by atoms with E-state index in [0.717, 1.165) is 36.4 Å². The lowest BCUT2D eigenvalue weighted by Crippen LogP contribution is -2.38. The van der Waals surface area contributed by atoms with Crippen LogP contribution in [0.15, 0.2) is 29.2 Å². The molecule has 0 spiro atoms. The molecule has 31 heavy (non-hydrogen) atoms. The molecule has 0 unspecified atom stereocenters. The van der Waals surface area contributed by atoms with E-state index in [1.807, 2.05) is 45.9 Å². The van der Waals surface area contributed by atoms with Gasteiger partial charge in [0.05, 0.1) is 23.7 Å². The van der Waals surface area contributed by atoms with Gasteiger partial charge in [-0.3, -0.25) is 9.59 Å². The number of benzene rings is 1. The molecule has 0 saturated carbocycles. The van der Waals surface area contributed by atoms with Gasteiger partial charge < -0.3 is 10.1 Å². The summed E-state index contributed by atoms with van der Waals surface area (Å²) in [6.45, 7) is 9.15. The maximum Gasteiger partial charge on any atom is 0.293 e. The van der Waals surface area contributed by atoms with E-state index in [1.54, 1.807) is 10.9 Å². The summed E-state index contributed by atoms with van der Waals surface area (Å²) in [5.74, 6) is -0.182. The maximum absolute atomic E-state index is 13.3. The third-order valence-corrected chi connectivity index (χ3v) is 5.84. The van der Waals surface area contributed by atoms with Crippen molar-refractivity contribution < 1.29 is 9.53 Å². The maximum atomic E-state index is 13.3. The standard InChI is InChI=1S/C23H29N5O3/c1-14(2)21-19-12-25-28(17-8-7-15(3)16(4)10-17)22(19)23(30)27(26-21)13-20(29)24-11-18-6-5-9-31-18/h7-8,10,12,14,18H,5-6,9,11,13H2,1-4H3,(H,24,29)/t18-/m0/s1. The Morgan fingerprint density at radius 3 is 2.77 bits per heavy atom. The molecule has 1 amide bonds. The predicted molar refractivity (Wildman–Crippen MR) is 119 cm³/mol. The molecule has 164 valence electrons. The zero-order chi connectivity index (χ0) is 22.1. The summed E-state index contributed by atoms with van der Waals surface area (Å²) in [5, 5.41) is 12.6. The van der Waals surface area contributed by atoms with Crippen molar-refractivity contribution in [3.8, 4) is 5.69 Å². The van der Waals surface area contributed by atoms with Crippen LogP contribution in [0.2, 0.25) is 0 Å². The van der Waals surface area contributed by atoms with E-state index in [9.17, 15) is 9.59 Å². The van der Waals surface area contributed by atoms with E-state index in [2.05, 4.69) is 15.5 Å². The van der Waals surface area contributed by atoms with Crippen LogP contribution in [-0.2, 0) is 16.1 Å². The summed E-state index contributed by atoms with van der Waals surface area (Å²) in [6.07, 6.45) is 3.69. The zero-order valence-electron chi connectivity index (χ0n) is 18.5. The molecular formula is C23H29N5O3. The van der Waals surface area contributed by atoms with Crippen molar-refractivity contribution in [1.82, 2.24) is 24.9 Å². The third-order valence-electron chi connectivity index (χ3n) is 5.84. The first-order valence-corrected chi connectivity index (χ1v) is 10.8. The molecule has 2 aromatic heterocycles. The largest absolute Gasteiger partial charge is 0.376 e. The predicted octanol–water partition coefficient (Wildman–Crippen LogP) is 2.62. The molecule has 0 aliphatic carbocycles. The molecule has 1 aliphatic rings. The van der Waals surface area contributed by atoms with Gasteiger partial charge in [0.15, 0.2) is 0 Å². The van der Waals surface area contributed by atoms with Crippen LogP contribution in [0.4, 0.5) is 0 Å². The molecule has 1 N–H and O–H groups in total. The molecule has 1 saturated heterocycles. The number of nitrogens with zero attached hydrogens (tertiary/aromatic N) is 4. The lowest BCUT2D eigenvalue weighted by Gasteiger charge is -2.14. The van der Waals surface area contributed by atoms with Crippen molar-refractivity contribution in [3.63, 3.8) is 0 Å². The Morgan fingerprint density at radius 2 is 2.10 bits per heavy atom. The SMILES string of the molecule is Cc1ccc(-n2ncc3c(C(C)C)nn(CC(=O)NC[C@@H]4CCCO4)c(=O)c32)cc1C. The molecule has 1 aromatic carbocycles. The number of fused-ring (bicyclic) bond motifs is 1. The quantitative estimate of drug-likeness (QED) is 0.658. The van der Waals surface area contributed by atoms with Gasteiger partial charge in [-0.2, -0.15) is 10.2 Å². The first-order chi connectivity index (χ1) is 14.8. The highest BCUT2D eigenvalue weighted by molar-refractivity contribution is 5.82. The fourth-order valence-corrected chi connectivity index (χ4v) is 3.90. The number of ether oxygens (including phenoxy) is 1. The van der Waals surface area contributed by atoms with Crippen LogP contribution < -0.4 is 10.9 Å². The van der Waals surface area contributed by atoms with Crippen LogP contribution in [-0.4, -0.2) is 44.7 Å². The molecule has 3 heterocycles. The van der Waals surface area contributed by atoms with Crippen molar-refractivity contribution in [2.24, 2.45) is 0 Å². The second-order valence-corrected chi connectivity index (χ2v) is 8.53. The molecular weight excluding hydrogens is 394 g/mol. The second kappa shape index (κ2) is 8.63. The van der Waals surface area contributed by atoms with E-state index in [-0.39, 0.29) is 30.0 Å². The van der Waals surface area contributed by atoms with Gasteiger partial charge >= 0.3 is 0 Å². The normalized spacial score (nSPS) is 16.4. The van der Waals surface area contributed by atoms with Gasteiger partial charge in [-0.25, -0.2) is 9.36 Å². The molecule has 8 nitrogen and oxygen atoms in total. The van der Waals surface area contributed by atoms with Gasteiger partial charge in [-0.15, -0.1) is 0 Å². The Hall–Kier alpha value is -3.00. The Labute approximate surface area is 181 Å². The summed E-state index contributed by atoms with van der Waals surface area (Å²) < 4.78 is 8.45. The van der Waals surface area contributed by atoms with Crippen molar-refractivity contribution in [1.29, 1.82) is 0 Å². The number of hydrogen-bond acceptors (Lipinski definition) is 5. The lowest BCUT2D eigenvalue weighted by molar-refractivity contribution is -0.122. The minimum Gasteiger partial charge on any atom is -0.376 e. The van der Waals surface area contributed by atoms with Crippen LogP contribution in [0.1, 0.15) is 49.4 Å². The van der Waals surface area contributed by atoms with Gasteiger partial charge in [-0.1, -0.05) is 19.9 Å². The lowest BCUT2D eigenvalue weighted by atomic mass is 10.1. The van der Waals surface area contributed by atoms with Crippen LogP contribution in [0, 0.1) is 13.8 Å². The Kier molecular flexibility index (Phi) is 5.91. The molecule has 0 radical (unpaired) electrons. The first-order valence-electron chi connectivity index (χ1n) is 10.8. The van der Waals surface area contributed by atoms with Crippen molar-refractivity contribution in [2.45, 2.75) is 59.1 Å². The fourth-order valence-electron chi connectivity index (χ4n) is 3.90. The monoisotopic (exact) mass is 423 g/mol. The topological polar surface area (TPSA) is 91.0 Å². The highest BCUT2D eigenvalue weighted by Crippen LogP contribution is 2.23. The second-order valence-electron chi connectivity index (χ2n) is 8.53. The van der Waals surface area contributed by atoms with Gasteiger partial charge in [0.1, 0.15) is 12.1 Å². The summed E-state index contributed by atoms with van der Waals surface area (Å²) in [6, 6.07) is 5.97. The van der Waals surface area contributed by atoms with E-state index in [4.69, 9.17) is 4.74 Å². The van der Waals surface area contributed by atoms with Crippen molar-refractivity contribution in [3.05, 3.63) is 51.6 Å². The minimum absolute atomic E-state index is 0.0496. The number of aromatic nitrogens is 4. The van der Waals surface area contributed by atoms with E-state index >= 15 is 0 Å². The average molecular weight is 424 g/mol. The van der Waals surface area contributed by atoms with E-state index in [0.29, 0.717) is 17.4 Å². The zero-order valence-corrected chi connectivity index (χ0v) is 18.5. The number of carbonyl (C=O) groups excluding carboxylic acids is 1.